The van der Waals surface area contributed by atoms with Crippen molar-refractivity contribution in [1.29, 1.82) is 0 Å². The molecular formula is C15H12Br2ClF. The number of rotatable bonds is 4. The van der Waals surface area contributed by atoms with Crippen LogP contribution in [0.5, 0.6) is 0 Å². The summed E-state index contributed by atoms with van der Waals surface area (Å²) in [5, 5.41) is 1.35. The lowest BCUT2D eigenvalue weighted by atomic mass is 9.93. The molecule has 0 fully saturated rings. The molecule has 19 heavy (non-hydrogen) atoms. The Labute approximate surface area is 134 Å². The average molecular weight is 407 g/mol. The van der Waals surface area contributed by atoms with Gasteiger partial charge in [-0.15, -0.1) is 0 Å². The zero-order valence-corrected chi connectivity index (χ0v) is 14.0. The van der Waals surface area contributed by atoms with Gasteiger partial charge in [-0.1, -0.05) is 55.6 Å². The lowest BCUT2D eigenvalue weighted by molar-refractivity contribution is 0.599. The zero-order valence-electron chi connectivity index (χ0n) is 10.0. The van der Waals surface area contributed by atoms with Crippen LogP contribution in [-0.2, 0) is 6.42 Å². The molecule has 0 heterocycles. The summed E-state index contributed by atoms with van der Waals surface area (Å²) < 4.78 is 14.8. The monoisotopic (exact) mass is 404 g/mol. The van der Waals surface area contributed by atoms with Gasteiger partial charge < -0.3 is 0 Å². The number of benzene rings is 2. The van der Waals surface area contributed by atoms with Gasteiger partial charge >= 0.3 is 0 Å². The zero-order chi connectivity index (χ0) is 13.8. The first-order chi connectivity index (χ1) is 9.10. The van der Waals surface area contributed by atoms with Crippen molar-refractivity contribution in [3.63, 3.8) is 0 Å². The molecule has 0 bridgehead atoms. The Hall–Kier alpha value is -0.380. The third-order valence-electron chi connectivity index (χ3n) is 3.00. The van der Waals surface area contributed by atoms with Crippen molar-refractivity contribution in [2.45, 2.75) is 12.3 Å². The van der Waals surface area contributed by atoms with Crippen LogP contribution in [0.4, 0.5) is 4.39 Å². The molecule has 0 aliphatic carbocycles. The van der Waals surface area contributed by atoms with E-state index in [2.05, 4.69) is 44.0 Å². The molecule has 2 aromatic carbocycles. The molecular weight excluding hydrogens is 394 g/mol. The molecule has 0 amide bonds. The number of hydrogen-bond acceptors (Lipinski definition) is 0. The minimum absolute atomic E-state index is 0.201. The first kappa shape index (κ1) is 15.0. The Bertz CT molecular complexity index is 555. The van der Waals surface area contributed by atoms with Crippen molar-refractivity contribution in [3.05, 3.63) is 68.9 Å². The Morgan fingerprint density at radius 1 is 1.11 bits per heavy atom. The van der Waals surface area contributed by atoms with Gasteiger partial charge in [0.05, 0.1) is 0 Å². The number of hydrogen-bond donors (Lipinski definition) is 0. The van der Waals surface area contributed by atoms with E-state index in [1.54, 1.807) is 12.1 Å². The third kappa shape index (κ3) is 4.04. The van der Waals surface area contributed by atoms with Gasteiger partial charge in [-0.25, -0.2) is 4.39 Å². The first-order valence-electron chi connectivity index (χ1n) is 5.85. The summed E-state index contributed by atoms with van der Waals surface area (Å²) in [4.78, 5) is 0. The molecule has 0 aliphatic heterocycles. The van der Waals surface area contributed by atoms with E-state index in [-0.39, 0.29) is 11.7 Å². The van der Waals surface area contributed by atoms with Gasteiger partial charge in [0.25, 0.3) is 0 Å². The minimum Gasteiger partial charge on any atom is -0.207 e. The van der Waals surface area contributed by atoms with E-state index in [1.165, 1.54) is 11.6 Å². The summed E-state index contributed by atoms with van der Waals surface area (Å²) in [7, 11) is 0. The quantitative estimate of drug-likeness (QED) is 0.550. The molecule has 0 radical (unpaired) electrons. The molecule has 1 unspecified atom stereocenters. The lowest BCUT2D eigenvalue weighted by Gasteiger charge is -2.15. The largest absolute Gasteiger partial charge is 0.207 e. The third-order valence-corrected chi connectivity index (χ3v) is 4.55. The van der Waals surface area contributed by atoms with E-state index in [0.717, 1.165) is 9.80 Å². The van der Waals surface area contributed by atoms with Gasteiger partial charge in [0, 0.05) is 14.8 Å². The molecule has 2 rings (SSSR count). The SMILES string of the molecule is Fc1ccc(Cl)cc1CC(CBr)c1ccc(Br)cc1. The molecule has 4 heteroatoms. The Balaban J connectivity index is 2.23. The Morgan fingerprint density at radius 3 is 2.42 bits per heavy atom. The molecule has 100 valence electrons. The smallest absolute Gasteiger partial charge is 0.126 e. The highest BCUT2D eigenvalue weighted by Crippen LogP contribution is 2.27. The second-order valence-corrected chi connectivity index (χ2v) is 6.34. The standard InChI is InChI=1S/C15H12Br2ClF/c16-9-12(10-1-3-13(17)4-2-10)7-11-8-14(18)5-6-15(11)19/h1-6,8,12H,7,9H2. The second kappa shape index (κ2) is 6.87. The first-order valence-corrected chi connectivity index (χ1v) is 8.14. The topological polar surface area (TPSA) is 0 Å². The van der Waals surface area contributed by atoms with Crippen LogP contribution in [0.2, 0.25) is 5.02 Å². The Morgan fingerprint density at radius 2 is 1.79 bits per heavy atom. The molecule has 0 spiro atoms. The van der Waals surface area contributed by atoms with Crippen LogP contribution in [0.1, 0.15) is 17.0 Å². The molecule has 1 atom stereocenters. The molecule has 0 saturated carbocycles. The van der Waals surface area contributed by atoms with Crippen molar-refractivity contribution in [3.8, 4) is 0 Å². The van der Waals surface area contributed by atoms with Crippen LogP contribution in [0.3, 0.4) is 0 Å². The summed E-state index contributed by atoms with van der Waals surface area (Å²) >= 11 is 12.8. The van der Waals surface area contributed by atoms with Crippen LogP contribution in [0.15, 0.2) is 46.9 Å². The van der Waals surface area contributed by atoms with E-state index in [4.69, 9.17) is 11.6 Å². The number of alkyl halides is 1. The van der Waals surface area contributed by atoms with E-state index in [1.807, 2.05) is 12.1 Å². The van der Waals surface area contributed by atoms with Gasteiger partial charge in [0.15, 0.2) is 0 Å². The van der Waals surface area contributed by atoms with Crippen LogP contribution in [-0.4, -0.2) is 5.33 Å². The van der Waals surface area contributed by atoms with E-state index in [9.17, 15) is 4.39 Å². The van der Waals surface area contributed by atoms with Crippen molar-refractivity contribution < 1.29 is 4.39 Å². The molecule has 0 saturated heterocycles. The van der Waals surface area contributed by atoms with Crippen LogP contribution >= 0.6 is 43.5 Å². The molecule has 2 aromatic rings. The second-order valence-electron chi connectivity index (χ2n) is 4.34. The summed E-state index contributed by atoms with van der Waals surface area (Å²) in [6, 6.07) is 12.8. The predicted octanol–water partition coefficient (Wildman–Crippen LogP) is 5.96. The maximum absolute atomic E-state index is 13.8. The Kier molecular flexibility index (Phi) is 5.43. The summed E-state index contributed by atoms with van der Waals surface area (Å²) in [6.45, 7) is 0. The fraction of sp³-hybridized carbons (Fsp3) is 0.200. The highest BCUT2D eigenvalue weighted by molar-refractivity contribution is 9.10. The van der Waals surface area contributed by atoms with Gasteiger partial charge in [-0.3, -0.25) is 0 Å². The van der Waals surface area contributed by atoms with Gasteiger partial charge in [0.2, 0.25) is 0 Å². The maximum atomic E-state index is 13.8. The van der Waals surface area contributed by atoms with Crippen LogP contribution in [0, 0.1) is 5.82 Å². The summed E-state index contributed by atoms with van der Waals surface area (Å²) in [5.74, 6) is 0.0218. The summed E-state index contributed by atoms with van der Waals surface area (Å²) in [5.41, 5.74) is 1.83. The summed E-state index contributed by atoms with van der Waals surface area (Å²) in [6.07, 6.45) is 0.624. The highest BCUT2D eigenvalue weighted by atomic mass is 79.9. The predicted molar refractivity (Wildman–Crippen MR) is 85.8 cm³/mol. The van der Waals surface area contributed by atoms with Crippen LogP contribution < -0.4 is 0 Å². The van der Waals surface area contributed by atoms with E-state index >= 15 is 0 Å². The average Bonchev–Trinajstić information content (AvgIpc) is 2.41. The minimum atomic E-state index is -0.201. The van der Waals surface area contributed by atoms with Crippen molar-refractivity contribution in [2.75, 3.05) is 5.33 Å². The number of halogens is 4. The molecule has 0 aliphatic rings. The highest BCUT2D eigenvalue weighted by Gasteiger charge is 2.14. The fourth-order valence-corrected chi connectivity index (χ4v) is 3.02. The molecule has 0 N–H and O–H groups in total. The van der Waals surface area contributed by atoms with Crippen LogP contribution in [0.25, 0.3) is 0 Å². The van der Waals surface area contributed by atoms with Crippen molar-refractivity contribution in [1.82, 2.24) is 0 Å². The van der Waals surface area contributed by atoms with E-state index in [0.29, 0.717) is 17.0 Å². The van der Waals surface area contributed by atoms with Crippen molar-refractivity contribution >= 4 is 43.5 Å². The van der Waals surface area contributed by atoms with Gasteiger partial charge in [-0.2, -0.15) is 0 Å². The van der Waals surface area contributed by atoms with Gasteiger partial charge in [-0.05, 0) is 53.8 Å². The van der Waals surface area contributed by atoms with Gasteiger partial charge in [0.1, 0.15) is 5.82 Å². The van der Waals surface area contributed by atoms with E-state index < -0.39 is 0 Å². The molecule has 0 nitrogen and oxygen atoms in total. The normalized spacial score (nSPS) is 12.4. The maximum Gasteiger partial charge on any atom is 0.126 e. The van der Waals surface area contributed by atoms with Crippen molar-refractivity contribution in [2.24, 2.45) is 0 Å². The lowest BCUT2D eigenvalue weighted by Crippen LogP contribution is -2.06. The fourth-order valence-electron chi connectivity index (χ4n) is 1.96. The molecule has 0 aromatic heterocycles.